The molecule has 0 saturated heterocycles. The number of alkyl halides is 1. The van der Waals surface area contributed by atoms with Crippen LogP contribution in [0.5, 0.6) is 0 Å². The minimum Gasteiger partial charge on any atom is -0.465 e. The van der Waals surface area contributed by atoms with E-state index in [1.807, 2.05) is 0 Å². The summed E-state index contributed by atoms with van der Waals surface area (Å²) in [5.74, 6) is -1.55. The highest BCUT2D eigenvalue weighted by molar-refractivity contribution is 7.20. The maximum atomic E-state index is 12.9. The molecule has 1 heterocycles. The van der Waals surface area contributed by atoms with Crippen LogP contribution in [-0.4, -0.2) is 24.9 Å². The van der Waals surface area contributed by atoms with Gasteiger partial charge in [-0.15, -0.1) is 22.9 Å². The van der Waals surface area contributed by atoms with Crippen LogP contribution in [0.15, 0.2) is 30.3 Å². The molecule has 0 atom stereocenters. The smallest absolute Gasteiger partial charge is 0.340 e. The number of benzene rings is 1. The Balaban J connectivity index is 2.42. The first kappa shape index (κ1) is 15.5. The number of carbonyl (C=O) groups excluding carboxylic acids is 2. The Labute approximate surface area is 129 Å². The lowest BCUT2D eigenvalue weighted by molar-refractivity contribution is -0.113. The fourth-order valence-corrected chi connectivity index (χ4v) is 2.80. The molecule has 1 amide bonds. The molecule has 7 heteroatoms. The zero-order valence-corrected chi connectivity index (χ0v) is 12.6. The second-order valence-electron chi connectivity index (χ2n) is 4.03. The summed E-state index contributed by atoms with van der Waals surface area (Å²) in [4.78, 5) is 23.8. The van der Waals surface area contributed by atoms with Gasteiger partial charge in [-0.2, -0.15) is 0 Å². The summed E-state index contributed by atoms with van der Waals surface area (Å²) in [7, 11) is 1.25. The van der Waals surface area contributed by atoms with Crippen LogP contribution in [0, 0.1) is 5.82 Å². The number of carbonyl (C=O) groups is 2. The summed E-state index contributed by atoms with van der Waals surface area (Å²) in [5.41, 5.74) is 0.971. The zero-order valence-electron chi connectivity index (χ0n) is 11.0. The topological polar surface area (TPSA) is 55.4 Å². The SMILES string of the molecule is COC(=O)c1cc(-c2ccc(F)cc2)sc1NC(=O)CCl. The van der Waals surface area contributed by atoms with E-state index in [-0.39, 0.29) is 17.3 Å². The number of amides is 1. The molecule has 1 aromatic heterocycles. The molecule has 0 spiro atoms. The standard InChI is InChI=1S/C14H11ClFNO3S/c1-20-14(19)10-6-11(8-2-4-9(16)5-3-8)21-13(10)17-12(18)7-15/h2-6H,7H2,1H3,(H,17,18). The first-order valence-corrected chi connectivity index (χ1v) is 7.24. The van der Waals surface area contributed by atoms with Crippen molar-refractivity contribution in [2.24, 2.45) is 0 Å². The number of esters is 1. The van der Waals surface area contributed by atoms with Gasteiger partial charge in [0.25, 0.3) is 0 Å². The van der Waals surface area contributed by atoms with E-state index in [0.29, 0.717) is 9.88 Å². The largest absolute Gasteiger partial charge is 0.465 e. The molecule has 0 aliphatic rings. The number of halogens is 2. The van der Waals surface area contributed by atoms with E-state index < -0.39 is 11.9 Å². The lowest BCUT2D eigenvalue weighted by Crippen LogP contribution is -2.14. The summed E-state index contributed by atoms with van der Waals surface area (Å²) in [6.45, 7) is 0. The first-order valence-electron chi connectivity index (χ1n) is 5.89. The third kappa shape index (κ3) is 3.59. The molecule has 0 radical (unpaired) electrons. The van der Waals surface area contributed by atoms with Crippen molar-refractivity contribution in [1.82, 2.24) is 0 Å². The Bertz CT molecular complexity index is 669. The number of thiophene rings is 1. The Morgan fingerprint density at radius 1 is 1.33 bits per heavy atom. The van der Waals surface area contributed by atoms with Crippen molar-refractivity contribution in [3.05, 3.63) is 41.7 Å². The van der Waals surface area contributed by atoms with Crippen molar-refractivity contribution < 1.29 is 18.7 Å². The number of ether oxygens (including phenoxy) is 1. The van der Waals surface area contributed by atoms with Crippen molar-refractivity contribution in [3.8, 4) is 10.4 Å². The van der Waals surface area contributed by atoms with Crippen LogP contribution in [-0.2, 0) is 9.53 Å². The first-order chi connectivity index (χ1) is 10.0. The van der Waals surface area contributed by atoms with Crippen LogP contribution in [0.3, 0.4) is 0 Å². The Hall–Kier alpha value is -1.92. The fourth-order valence-electron chi connectivity index (χ4n) is 1.66. The second kappa shape index (κ2) is 6.69. The molecule has 110 valence electrons. The third-order valence-electron chi connectivity index (χ3n) is 2.64. The number of nitrogens with one attached hydrogen (secondary N) is 1. The summed E-state index contributed by atoms with van der Waals surface area (Å²) in [5, 5.41) is 2.90. The maximum Gasteiger partial charge on any atom is 0.340 e. The van der Waals surface area contributed by atoms with E-state index in [2.05, 4.69) is 10.1 Å². The summed E-state index contributed by atoms with van der Waals surface area (Å²) in [6.07, 6.45) is 0. The number of hydrogen-bond donors (Lipinski definition) is 1. The number of methoxy groups -OCH3 is 1. The predicted octanol–water partition coefficient (Wildman–Crippen LogP) is 3.52. The minimum absolute atomic E-state index is 0.218. The molecule has 0 unspecified atom stereocenters. The molecule has 1 aromatic carbocycles. The molecule has 0 bridgehead atoms. The highest BCUT2D eigenvalue weighted by Crippen LogP contribution is 2.36. The van der Waals surface area contributed by atoms with Gasteiger partial charge in [0.2, 0.25) is 5.91 Å². The molecule has 0 aliphatic heterocycles. The minimum atomic E-state index is -0.565. The van der Waals surface area contributed by atoms with Gasteiger partial charge in [0.15, 0.2) is 0 Å². The van der Waals surface area contributed by atoms with E-state index >= 15 is 0 Å². The van der Waals surface area contributed by atoms with Crippen molar-refractivity contribution in [2.45, 2.75) is 0 Å². The molecule has 2 aromatic rings. The molecule has 1 N–H and O–H groups in total. The van der Waals surface area contributed by atoms with Gasteiger partial charge in [-0.1, -0.05) is 12.1 Å². The zero-order chi connectivity index (χ0) is 15.4. The van der Waals surface area contributed by atoms with Crippen molar-refractivity contribution in [3.63, 3.8) is 0 Å². The number of anilines is 1. The van der Waals surface area contributed by atoms with E-state index in [1.165, 1.54) is 30.6 Å². The van der Waals surface area contributed by atoms with Gasteiger partial charge in [0.05, 0.1) is 12.7 Å². The van der Waals surface area contributed by atoms with Gasteiger partial charge >= 0.3 is 5.97 Å². The van der Waals surface area contributed by atoms with Gasteiger partial charge in [-0.05, 0) is 23.8 Å². The van der Waals surface area contributed by atoms with E-state index in [4.69, 9.17) is 11.6 Å². The predicted molar refractivity (Wildman–Crippen MR) is 80.4 cm³/mol. The van der Waals surface area contributed by atoms with Gasteiger partial charge in [0, 0.05) is 4.88 Å². The van der Waals surface area contributed by atoms with Crippen molar-refractivity contribution in [1.29, 1.82) is 0 Å². The summed E-state index contributed by atoms with van der Waals surface area (Å²) in [6, 6.07) is 7.42. The van der Waals surface area contributed by atoms with Crippen LogP contribution in [0.2, 0.25) is 0 Å². The third-order valence-corrected chi connectivity index (χ3v) is 3.98. The average molecular weight is 328 g/mol. The average Bonchev–Trinajstić information content (AvgIpc) is 2.90. The lowest BCUT2D eigenvalue weighted by Gasteiger charge is -2.02. The van der Waals surface area contributed by atoms with Gasteiger partial charge in [0.1, 0.15) is 16.7 Å². The lowest BCUT2D eigenvalue weighted by atomic mass is 10.1. The maximum absolute atomic E-state index is 12.9. The van der Waals surface area contributed by atoms with E-state index in [1.54, 1.807) is 18.2 Å². The highest BCUT2D eigenvalue weighted by atomic mass is 35.5. The highest BCUT2D eigenvalue weighted by Gasteiger charge is 2.19. The number of rotatable bonds is 4. The molecule has 21 heavy (non-hydrogen) atoms. The molecule has 0 saturated carbocycles. The molecular weight excluding hydrogens is 317 g/mol. The van der Waals surface area contributed by atoms with Gasteiger partial charge < -0.3 is 10.1 Å². The molecule has 2 rings (SSSR count). The second-order valence-corrected chi connectivity index (χ2v) is 5.35. The van der Waals surface area contributed by atoms with Crippen LogP contribution in [0.4, 0.5) is 9.39 Å². The molecular formula is C14H11ClFNO3S. The monoisotopic (exact) mass is 327 g/mol. The Kier molecular flexibility index (Phi) is 4.93. The summed E-state index contributed by atoms with van der Waals surface area (Å²) < 4.78 is 17.6. The molecule has 0 fully saturated rings. The van der Waals surface area contributed by atoms with E-state index in [0.717, 1.165) is 5.56 Å². The number of hydrogen-bond acceptors (Lipinski definition) is 4. The fraction of sp³-hybridized carbons (Fsp3) is 0.143. The van der Waals surface area contributed by atoms with Crippen LogP contribution >= 0.6 is 22.9 Å². The van der Waals surface area contributed by atoms with Crippen LogP contribution in [0.1, 0.15) is 10.4 Å². The molecule has 4 nitrogen and oxygen atoms in total. The summed E-state index contributed by atoms with van der Waals surface area (Å²) >= 11 is 6.64. The van der Waals surface area contributed by atoms with Crippen molar-refractivity contribution >= 4 is 39.8 Å². The van der Waals surface area contributed by atoms with Crippen LogP contribution < -0.4 is 5.32 Å². The molecule has 0 aliphatic carbocycles. The van der Waals surface area contributed by atoms with Crippen molar-refractivity contribution in [2.75, 3.05) is 18.3 Å². The normalized spacial score (nSPS) is 10.2. The van der Waals surface area contributed by atoms with Gasteiger partial charge in [-0.3, -0.25) is 4.79 Å². The Morgan fingerprint density at radius 2 is 2.00 bits per heavy atom. The quantitative estimate of drug-likeness (QED) is 0.690. The van der Waals surface area contributed by atoms with E-state index in [9.17, 15) is 14.0 Å². The van der Waals surface area contributed by atoms with Gasteiger partial charge in [-0.25, -0.2) is 9.18 Å². The van der Waals surface area contributed by atoms with Crippen LogP contribution in [0.25, 0.3) is 10.4 Å². The Morgan fingerprint density at radius 3 is 2.57 bits per heavy atom.